The van der Waals surface area contributed by atoms with Gasteiger partial charge in [0.1, 0.15) is 0 Å². The lowest BCUT2D eigenvalue weighted by atomic mass is 9.79. The van der Waals surface area contributed by atoms with E-state index in [0.29, 0.717) is 5.46 Å². The Morgan fingerprint density at radius 3 is 2.45 bits per heavy atom. The van der Waals surface area contributed by atoms with Gasteiger partial charge >= 0.3 is 7.12 Å². The third-order valence-corrected chi connectivity index (χ3v) is 4.19. The second-order valence-corrected chi connectivity index (χ2v) is 5.80. The zero-order chi connectivity index (χ0) is 14.4. The molecule has 0 aromatic heterocycles. The van der Waals surface area contributed by atoms with Gasteiger partial charge in [0.15, 0.2) is 0 Å². The van der Waals surface area contributed by atoms with E-state index in [1.807, 2.05) is 12.1 Å². The summed E-state index contributed by atoms with van der Waals surface area (Å²) in [6, 6.07) is 7.40. The predicted octanol–water partition coefficient (Wildman–Crippen LogP) is 2.41. The van der Waals surface area contributed by atoms with Crippen molar-refractivity contribution < 1.29 is 14.8 Å². The first kappa shape index (κ1) is 15.6. The van der Waals surface area contributed by atoms with Crippen LogP contribution in [0.5, 0.6) is 0 Å². The summed E-state index contributed by atoms with van der Waals surface area (Å²) in [6.07, 6.45) is 7.68. The lowest BCUT2D eigenvalue weighted by Gasteiger charge is -2.29. The highest BCUT2D eigenvalue weighted by atomic mass is 16.5. The van der Waals surface area contributed by atoms with Crippen LogP contribution >= 0.6 is 0 Å². The van der Waals surface area contributed by atoms with Crippen molar-refractivity contribution in [3.8, 4) is 0 Å². The van der Waals surface area contributed by atoms with Crippen LogP contribution < -0.4 is 5.46 Å². The van der Waals surface area contributed by atoms with E-state index in [-0.39, 0.29) is 6.10 Å². The van der Waals surface area contributed by atoms with Gasteiger partial charge in [-0.15, -0.1) is 0 Å². The molecule has 2 rings (SSSR count). The Morgan fingerprint density at radius 1 is 1.15 bits per heavy atom. The summed E-state index contributed by atoms with van der Waals surface area (Å²) in [5, 5.41) is 18.2. The second kappa shape index (κ2) is 7.82. The number of hydrogen-bond acceptors (Lipinski definition) is 3. The molecule has 0 aliphatic carbocycles. The van der Waals surface area contributed by atoms with E-state index in [9.17, 15) is 0 Å². The molecule has 2 unspecified atom stereocenters. The van der Waals surface area contributed by atoms with Gasteiger partial charge in [-0.3, -0.25) is 0 Å². The van der Waals surface area contributed by atoms with E-state index in [1.54, 1.807) is 12.1 Å². The van der Waals surface area contributed by atoms with Gasteiger partial charge in [-0.2, -0.15) is 0 Å². The average Bonchev–Trinajstić information content (AvgIpc) is 2.48. The van der Waals surface area contributed by atoms with E-state index in [2.05, 4.69) is 6.92 Å². The summed E-state index contributed by atoms with van der Waals surface area (Å²) in [7, 11) is -1.39. The van der Waals surface area contributed by atoms with E-state index < -0.39 is 7.12 Å². The van der Waals surface area contributed by atoms with E-state index >= 15 is 0 Å². The second-order valence-electron chi connectivity index (χ2n) is 5.80. The maximum atomic E-state index is 9.09. The van der Waals surface area contributed by atoms with Gasteiger partial charge in [0.25, 0.3) is 0 Å². The van der Waals surface area contributed by atoms with Gasteiger partial charge in [-0.05, 0) is 36.2 Å². The van der Waals surface area contributed by atoms with Crippen LogP contribution in [0.2, 0.25) is 0 Å². The molecule has 20 heavy (non-hydrogen) atoms. The maximum Gasteiger partial charge on any atom is 0.488 e. The molecule has 1 aliphatic heterocycles. The van der Waals surface area contributed by atoms with Crippen LogP contribution in [0.25, 0.3) is 0 Å². The van der Waals surface area contributed by atoms with Crippen LogP contribution in [-0.4, -0.2) is 23.8 Å². The predicted molar refractivity (Wildman–Crippen MR) is 81.8 cm³/mol. The van der Waals surface area contributed by atoms with E-state index in [1.165, 1.54) is 32.1 Å². The SMILES string of the molecule is CCCCCC1CCC(c2ccc(B(O)O)cc2)OC1. The number of hydrogen-bond donors (Lipinski definition) is 2. The Morgan fingerprint density at radius 2 is 1.90 bits per heavy atom. The number of benzene rings is 1. The fourth-order valence-electron chi connectivity index (χ4n) is 2.86. The molecule has 1 saturated heterocycles. The van der Waals surface area contributed by atoms with Crippen LogP contribution in [0.3, 0.4) is 0 Å². The summed E-state index contributed by atoms with van der Waals surface area (Å²) in [4.78, 5) is 0. The number of ether oxygens (including phenoxy) is 1. The highest BCUT2D eigenvalue weighted by Gasteiger charge is 2.23. The standard InChI is InChI=1S/C16H25BO3/c1-2-3-4-5-13-6-11-16(20-12-13)14-7-9-15(10-8-14)17(18)19/h7-10,13,16,18-19H,2-6,11-12H2,1H3. The molecule has 2 N–H and O–H groups in total. The third kappa shape index (κ3) is 4.34. The average molecular weight is 276 g/mol. The zero-order valence-electron chi connectivity index (χ0n) is 12.3. The van der Waals surface area contributed by atoms with Crippen molar-refractivity contribution in [2.24, 2.45) is 5.92 Å². The van der Waals surface area contributed by atoms with Crippen LogP contribution in [-0.2, 0) is 4.74 Å². The first-order chi connectivity index (χ1) is 9.70. The summed E-state index contributed by atoms with van der Waals surface area (Å²) in [5.41, 5.74) is 1.67. The quantitative estimate of drug-likeness (QED) is 0.619. The van der Waals surface area contributed by atoms with Crippen molar-refractivity contribution in [2.75, 3.05) is 6.61 Å². The molecule has 1 aliphatic rings. The molecule has 0 spiro atoms. The van der Waals surface area contributed by atoms with Crippen LogP contribution in [0.4, 0.5) is 0 Å². The van der Waals surface area contributed by atoms with Crippen molar-refractivity contribution in [1.29, 1.82) is 0 Å². The van der Waals surface area contributed by atoms with Gasteiger partial charge in [0, 0.05) is 0 Å². The first-order valence-electron chi connectivity index (χ1n) is 7.78. The minimum Gasteiger partial charge on any atom is -0.423 e. The van der Waals surface area contributed by atoms with Gasteiger partial charge in [0.05, 0.1) is 12.7 Å². The lowest BCUT2D eigenvalue weighted by molar-refractivity contribution is -0.0198. The molecule has 0 radical (unpaired) electrons. The van der Waals surface area contributed by atoms with Crippen molar-refractivity contribution in [2.45, 2.75) is 51.6 Å². The Balaban J connectivity index is 1.81. The van der Waals surface area contributed by atoms with Crippen molar-refractivity contribution >= 4 is 12.6 Å². The fraction of sp³-hybridized carbons (Fsp3) is 0.625. The van der Waals surface area contributed by atoms with Crippen molar-refractivity contribution in [3.63, 3.8) is 0 Å². The Kier molecular flexibility index (Phi) is 6.08. The monoisotopic (exact) mass is 276 g/mol. The molecule has 1 aromatic rings. The molecule has 0 bridgehead atoms. The molecule has 1 heterocycles. The number of rotatable bonds is 6. The summed E-state index contributed by atoms with van der Waals surface area (Å²) in [6.45, 7) is 3.10. The molecular formula is C16H25BO3. The van der Waals surface area contributed by atoms with Crippen molar-refractivity contribution in [1.82, 2.24) is 0 Å². The Bertz CT molecular complexity index is 383. The van der Waals surface area contributed by atoms with Crippen LogP contribution in [0.15, 0.2) is 24.3 Å². The highest BCUT2D eigenvalue weighted by Crippen LogP contribution is 2.32. The minimum absolute atomic E-state index is 0.169. The minimum atomic E-state index is -1.39. The summed E-state index contributed by atoms with van der Waals surface area (Å²) >= 11 is 0. The molecule has 1 aromatic carbocycles. The highest BCUT2D eigenvalue weighted by molar-refractivity contribution is 6.58. The molecular weight excluding hydrogens is 251 g/mol. The third-order valence-electron chi connectivity index (χ3n) is 4.19. The van der Waals surface area contributed by atoms with Gasteiger partial charge < -0.3 is 14.8 Å². The smallest absolute Gasteiger partial charge is 0.423 e. The van der Waals surface area contributed by atoms with Crippen molar-refractivity contribution in [3.05, 3.63) is 29.8 Å². The fourth-order valence-corrected chi connectivity index (χ4v) is 2.86. The Hall–Kier alpha value is -0.835. The molecule has 2 atom stereocenters. The van der Waals surface area contributed by atoms with Crippen LogP contribution in [0.1, 0.15) is 57.1 Å². The van der Waals surface area contributed by atoms with Gasteiger partial charge in [0.2, 0.25) is 0 Å². The zero-order valence-corrected chi connectivity index (χ0v) is 12.3. The molecule has 1 fully saturated rings. The van der Waals surface area contributed by atoms with E-state index in [4.69, 9.17) is 14.8 Å². The van der Waals surface area contributed by atoms with Crippen LogP contribution in [0, 0.1) is 5.92 Å². The lowest BCUT2D eigenvalue weighted by Crippen LogP contribution is -2.29. The largest absolute Gasteiger partial charge is 0.488 e. The molecule has 0 amide bonds. The van der Waals surface area contributed by atoms with E-state index in [0.717, 1.165) is 24.5 Å². The molecule has 110 valence electrons. The normalized spacial score (nSPS) is 22.8. The maximum absolute atomic E-state index is 9.09. The van der Waals surface area contributed by atoms with Gasteiger partial charge in [-0.25, -0.2) is 0 Å². The Labute approximate surface area is 122 Å². The molecule has 4 heteroatoms. The topological polar surface area (TPSA) is 49.7 Å². The summed E-state index contributed by atoms with van der Waals surface area (Å²) < 4.78 is 5.98. The number of unbranched alkanes of at least 4 members (excludes halogenated alkanes) is 2. The molecule has 0 saturated carbocycles. The van der Waals surface area contributed by atoms with Gasteiger partial charge in [-0.1, -0.05) is 50.5 Å². The molecule has 3 nitrogen and oxygen atoms in total. The summed E-state index contributed by atoms with van der Waals surface area (Å²) in [5.74, 6) is 0.719. The first-order valence-corrected chi connectivity index (χ1v) is 7.78.